The number of allylic oxidation sites excluding steroid dienone is 1. The summed E-state index contributed by atoms with van der Waals surface area (Å²) in [4.78, 5) is 4.10. The SMILES string of the molecule is CC=Cc1ccc2[nH]nc(C=Cc3cccnc3)c2c1. The number of H-pyrrole nitrogens is 1. The standard InChI is InChI=1S/C17H15N3/c1-2-4-13-6-8-16-15(11-13)17(20-19-16)9-7-14-5-3-10-18-12-14/h2-12H,1H3,(H,19,20). The summed E-state index contributed by atoms with van der Waals surface area (Å²) in [5.74, 6) is 0. The maximum Gasteiger partial charge on any atom is 0.0927 e. The Morgan fingerprint density at radius 3 is 2.80 bits per heavy atom. The van der Waals surface area contributed by atoms with E-state index >= 15 is 0 Å². The van der Waals surface area contributed by atoms with E-state index in [4.69, 9.17) is 0 Å². The summed E-state index contributed by atoms with van der Waals surface area (Å²) >= 11 is 0. The smallest absolute Gasteiger partial charge is 0.0927 e. The Morgan fingerprint density at radius 1 is 1.05 bits per heavy atom. The van der Waals surface area contributed by atoms with Crippen LogP contribution in [0.3, 0.4) is 0 Å². The molecule has 0 aliphatic heterocycles. The summed E-state index contributed by atoms with van der Waals surface area (Å²) in [6, 6.07) is 10.2. The van der Waals surface area contributed by atoms with Crippen molar-refractivity contribution >= 4 is 29.1 Å². The van der Waals surface area contributed by atoms with Crippen molar-refractivity contribution in [1.29, 1.82) is 0 Å². The van der Waals surface area contributed by atoms with E-state index in [9.17, 15) is 0 Å². The van der Waals surface area contributed by atoms with Crippen LogP contribution in [0, 0.1) is 0 Å². The van der Waals surface area contributed by atoms with Gasteiger partial charge in [0.25, 0.3) is 0 Å². The van der Waals surface area contributed by atoms with Gasteiger partial charge in [0.15, 0.2) is 0 Å². The average Bonchev–Trinajstić information content (AvgIpc) is 2.89. The number of rotatable bonds is 3. The Labute approximate surface area is 117 Å². The van der Waals surface area contributed by atoms with Crippen LogP contribution in [0.4, 0.5) is 0 Å². The Hall–Kier alpha value is -2.68. The van der Waals surface area contributed by atoms with Gasteiger partial charge >= 0.3 is 0 Å². The van der Waals surface area contributed by atoms with E-state index in [0.717, 1.165) is 22.2 Å². The lowest BCUT2D eigenvalue weighted by Gasteiger charge is -1.95. The first-order chi connectivity index (χ1) is 9.86. The fourth-order valence-corrected chi connectivity index (χ4v) is 2.12. The van der Waals surface area contributed by atoms with Crippen LogP contribution in [-0.2, 0) is 0 Å². The van der Waals surface area contributed by atoms with Crippen molar-refractivity contribution in [3.8, 4) is 0 Å². The normalized spacial score (nSPS) is 11.8. The quantitative estimate of drug-likeness (QED) is 0.769. The highest BCUT2D eigenvalue weighted by molar-refractivity contribution is 5.90. The van der Waals surface area contributed by atoms with Crippen molar-refractivity contribution in [3.05, 3.63) is 65.6 Å². The van der Waals surface area contributed by atoms with E-state index in [1.807, 2.05) is 43.5 Å². The number of benzene rings is 1. The summed E-state index contributed by atoms with van der Waals surface area (Å²) in [7, 11) is 0. The Balaban J connectivity index is 1.99. The molecule has 0 unspecified atom stereocenters. The monoisotopic (exact) mass is 261 g/mol. The molecule has 0 aliphatic carbocycles. The Kier molecular flexibility index (Phi) is 3.42. The van der Waals surface area contributed by atoms with Gasteiger partial charge in [0.2, 0.25) is 0 Å². The van der Waals surface area contributed by atoms with Crippen LogP contribution in [0.25, 0.3) is 29.1 Å². The van der Waals surface area contributed by atoms with Crippen molar-refractivity contribution in [2.75, 3.05) is 0 Å². The molecule has 1 aromatic carbocycles. The predicted molar refractivity (Wildman–Crippen MR) is 84.0 cm³/mol. The Morgan fingerprint density at radius 2 is 2.00 bits per heavy atom. The fourth-order valence-electron chi connectivity index (χ4n) is 2.12. The minimum atomic E-state index is 0.940. The number of nitrogens with zero attached hydrogens (tertiary/aromatic N) is 2. The van der Waals surface area contributed by atoms with Crippen molar-refractivity contribution in [2.24, 2.45) is 0 Å². The van der Waals surface area contributed by atoms with E-state index in [0.29, 0.717) is 0 Å². The first-order valence-electron chi connectivity index (χ1n) is 6.56. The number of aromatic amines is 1. The lowest BCUT2D eigenvalue weighted by Crippen LogP contribution is -1.76. The molecule has 0 fully saturated rings. The molecule has 0 atom stereocenters. The molecule has 0 saturated heterocycles. The lowest BCUT2D eigenvalue weighted by molar-refractivity contribution is 1.11. The second kappa shape index (κ2) is 5.53. The molecule has 1 N–H and O–H groups in total. The molecular weight excluding hydrogens is 246 g/mol. The van der Waals surface area contributed by atoms with Crippen LogP contribution in [0.15, 0.2) is 48.8 Å². The molecule has 3 nitrogen and oxygen atoms in total. The van der Waals surface area contributed by atoms with Crippen molar-refractivity contribution < 1.29 is 0 Å². The van der Waals surface area contributed by atoms with Crippen molar-refractivity contribution in [3.63, 3.8) is 0 Å². The van der Waals surface area contributed by atoms with E-state index in [-0.39, 0.29) is 0 Å². The van der Waals surface area contributed by atoms with Crippen molar-refractivity contribution in [2.45, 2.75) is 6.92 Å². The molecule has 98 valence electrons. The fraction of sp³-hybridized carbons (Fsp3) is 0.0588. The zero-order valence-electron chi connectivity index (χ0n) is 11.2. The number of hydrogen-bond acceptors (Lipinski definition) is 2. The zero-order valence-corrected chi connectivity index (χ0v) is 11.2. The van der Waals surface area contributed by atoms with Gasteiger partial charge in [-0.3, -0.25) is 10.1 Å². The van der Waals surface area contributed by atoms with Gasteiger partial charge in [-0.1, -0.05) is 30.4 Å². The van der Waals surface area contributed by atoms with Gasteiger partial charge in [-0.15, -0.1) is 0 Å². The molecule has 0 bridgehead atoms. The first-order valence-corrected chi connectivity index (χ1v) is 6.56. The summed E-state index contributed by atoms with van der Waals surface area (Å²) < 4.78 is 0. The van der Waals surface area contributed by atoms with E-state index in [1.54, 1.807) is 6.20 Å². The van der Waals surface area contributed by atoms with Crippen LogP contribution >= 0.6 is 0 Å². The van der Waals surface area contributed by atoms with Crippen LogP contribution in [0.1, 0.15) is 23.7 Å². The largest absolute Gasteiger partial charge is 0.277 e. The second-order valence-corrected chi connectivity index (χ2v) is 4.53. The average molecular weight is 261 g/mol. The van der Waals surface area contributed by atoms with E-state index < -0.39 is 0 Å². The molecule has 3 rings (SSSR count). The van der Waals surface area contributed by atoms with Crippen molar-refractivity contribution in [1.82, 2.24) is 15.2 Å². The van der Waals surface area contributed by atoms with Gasteiger partial charge in [-0.05, 0) is 42.3 Å². The number of aromatic nitrogens is 3. The maximum atomic E-state index is 4.36. The van der Waals surface area contributed by atoms with Gasteiger partial charge in [-0.25, -0.2) is 0 Å². The highest BCUT2D eigenvalue weighted by Gasteiger charge is 2.02. The highest BCUT2D eigenvalue weighted by atomic mass is 15.1. The lowest BCUT2D eigenvalue weighted by atomic mass is 10.1. The molecule has 0 aliphatic rings. The van der Waals surface area contributed by atoms with Gasteiger partial charge in [0.05, 0.1) is 11.2 Å². The molecule has 20 heavy (non-hydrogen) atoms. The molecule has 2 aromatic heterocycles. The molecule has 3 heteroatoms. The third-order valence-electron chi connectivity index (χ3n) is 3.09. The molecule has 0 saturated carbocycles. The third kappa shape index (κ3) is 2.52. The number of nitrogens with one attached hydrogen (secondary N) is 1. The molecular formula is C17H15N3. The van der Waals surface area contributed by atoms with Crippen LogP contribution in [0.5, 0.6) is 0 Å². The molecule has 0 radical (unpaired) electrons. The minimum Gasteiger partial charge on any atom is -0.277 e. The molecule has 0 spiro atoms. The van der Waals surface area contributed by atoms with Gasteiger partial charge < -0.3 is 0 Å². The van der Waals surface area contributed by atoms with Gasteiger partial charge in [0, 0.05) is 17.8 Å². The zero-order chi connectivity index (χ0) is 13.8. The Bertz CT molecular complexity index is 767. The third-order valence-corrected chi connectivity index (χ3v) is 3.09. The number of pyridine rings is 1. The number of hydrogen-bond donors (Lipinski definition) is 1. The summed E-state index contributed by atoms with van der Waals surface area (Å²) in [5, 5.41) is 8.53. The highest BCUT2D eigenvalue weighted by Crippen LogP contribution is 2.20. The summed E-state index contributed by atoms with van der Waals surface area (Å²) in [6.07, 6.45) is 11.7. The molecule has 2 heterocycles. The predicted octanol–water partition coefficient (Wildman–Crippen LogP) is 4.16. The van der Waals surface area contributed by atoms with E-state index in [2.05, 4.69) is 39.5 Å². The minimum absolute atomic E-state index is 0.940. The molecule has 0 amide bonds. The topological polar surface area (TPSA) is 41.6 Å². The summed E-state index contributed by atoms with van der Waals surface area (Å²) in [6.45, 7) is 2.02. The number of fused-ring (bicyclic) bond motifs is 1. The second-order valence-electron chi connectivity index (χ2n) is 4.53. The van der Waals surface area contributed by atoms with Gasteiger partial charge in [0.1, 0.15) is 0 Å². The van der Waals surface area contributed by atoms with Gasteiger partial charge in [-0.2, -0.15) is 5.10 Å². The van der Waals surface area contributed by atoms with Crippen LogP contribution in [0.2, 0.25) is 0 Å². The first kappa shape index (κ1) is 12.4. The van der Waals surface area contributed by atoms with E-state index in [1.165, 1.54) is 5.56 Å². The summed E-state index contributed by atoms with van der Waals surface area (Å²) in [5.41, 5.74) is 4.23. The van der Waals surface area contributed by atoms with Crippen LogP contribution < -0.4 is 0 Å². The molecule has 3 aromatic rings. The van der Waals surface area contributed by atoms with Crippen LogP contribution in [-0.4, -0.2) is 15.2 Å². The maximum absolute atomic E-state index is 4.36.